The van der Waals surface area contributed by atoms with E-state index in [2.05, 4.69) is 30.8 Å². The van der Waals surface area contributed by atoms with Gasteiger partial charge in [0.25, 0.3) is 26.1 Å². The molecule has 0 aromatic heterocycles. The average Bonchev–Trinajstić information content (AvgIpc) is 3.37. The van der Waals surface area contributed by atoms with Crippen molar-refractivity contribution in [2.75, 3.05) is 19.5 Å². The molecule has 0 unspecified atom stereocenters. The Morgan fingerprint density at radius 2 is 1.05 bits per heavy atom. The molecular weight excluding hydrogens is 1170 g/mol. The van der Waals surface area contributed by atoms with Gasteiger partial charge in [0.15, 0.2) is 5.75 Å². The van der Waals surface area contributed by atoms with Gasteiger partial charge in [0.2, 0.25) is 0 Å². The molecule has 8 rings (SSSR count). The Labute approximate surface area is 481 Å². The van der Waals surface area contributed by atoms with Crippen LogP contribution in [0.5, 0.6) is 23.0 Å². The standard InChI is InChI=1S/2C26H22ClN3O6S.Ba/c2*1-3-16-22(37(33,34)35)13-12-19(27)23(16)29-30-24-17-9-5-4-8-15(17)14-18(25(24)31)26(32)28-20-10-6-7-11-21(20)36-2;/h2*4-14,31H,3H2,1-2H3,(H,28,32)(H,33,34,35);/q;;+2/p-2. The molecular formula is C52H42BaCl2N6O12S2. The van der Waals surface area contributed by atoms with Gasteiger partial charge in [-0.25, -0.2) is 0 Å². The first kappa shape index (κ1) is 57.9. The molecule has 0 aliphatic heterocycles. The van der Waals surface area contributed by atoms with Crippen LogP contribution in [0.25, 0.3) is 21.5 Å². The number of rotatable bonds is 14. The molecule has 0 saturated carbocycles. The molecule has 0 bridgehead atoms. The molecule has 1 amide bonds. The minimum Gasteiger partial charge on any atom is -0.871 e. The summed E-state index contributed by atoms with van der Waals surface area (Å²) < 4.78 is 77.0. The van der Waals surface area contributed by atoms with Gasteiger partial charge in [-0.15, -0.1) is 15.3 Å². The molecule has 0 heterocycles. The first-order valence-corrected chi connectivity index (χ1v) is 25.7. The maximum Gasteiger partial charge on any atom is 2.00 e. The molecule has 0 aliphatic carbocycles. The maximum atomic E-state index is 13.4. The fourth-order valence-electron chi connectivity index (χ4n) is 7.75. The number of carbonyl (C=O) groups is 1. The second-order valence-electron chi connectivity index (χ2n) is 15.7. The molecule has 23 heteroatoms. The van der Waals surface area contributed by atoms with Crippen LogP contribution in [-0.2, 0) is 33.1 Å². The van der Waals surface area contributed by atoms with E-state index in [1.807, 2.05) is 0 Å². The van der Waals surface area contributed by atoms with Gasteiger partial charge in [-0.05, 0) is 95.7 Å². The van der Waals surface area contributed by atoms with Gasteiger partial charge in [-0.2, -0.15) is 21.9 Å². The SMILES string of the molecule is CCc1c(S(=O)(=O)O)ccc(Cl)c1N=Nc1c(O)c(C(=O)Nc2ccccc2OC)cc2ccccc12.CCc1c(S(=O)(=O)O)ccc(Cl)c1N=Nc1c([O-])c(C([O-])=Nc2ccccc2OC)cc2ccccc12.[Ba+2]. The summed E-state index contributed by atoms with van der Waals surface area (Å²) in [7, 11) is -6.17. The maximum absolute atomic E-state index is 13.4. The number of aromatic hydroxyl groups is 1. The van der Waals surface area contributed by atoms with Crippen LogP contribution in [0.1, 0.15) is 40.9 Å². The summed E-state index contributed by atoms with van der Waals surface area (Å²) in [5.74, 6) is -1.75. The zero-order valence-electron chi connectivity index (χ0n) is 40.1. The topological polar surface area (TPSA) is 284 Å². The van der Waals surface area contributed by atoms with E-state index in [1.165, 1.54) is 50.6 Å². The van der Waals surface area contributed by atoms with Crippen molar-refractivity contribution >= 4 is 160 Å². The number of methoxy groups -OCH3 is 2. The molecule has 0 saturated heterocycles. The monoisotopic (exact) mass is 1210 g/mol. The van der Waals surface area contributed by atoms with E-state index < -0.39 is 43.5 Å². The van der Waals surface area contributed by atoms with Crippen LogP contribution in [0.15, 0.2) is 169 Å². The Morgan fingerprint density at radius 3 is 1.57 bits per heavy atom. The number of amides is 1. The summed E-state index contributed by atoms with van der Waals surface area (Å²) in [6.07, 6.45) is 0.337. The molecule has 0 fully saturated rings. The number of halogens is 2. The molecule has 0 aliphatic rings. The molecule has 75 heavy (non-hydrogen) atoms. The van der Waals surface area contributed by atoms with Crippen LogP contribution < -0.4 is 25.0 Å². The number of para-hydroxylation sites is 4. The molecule has 8 aromatic carbocycles. The number of aliphatic imine (C=N–C) groups is 1. The summed E-state index contributed by atoms with van der Waals surface area (Å²) in [5.41, 5.74) is 0.510. The molecule has 380 valence electrons. The number of hydrogen-bond acceptors (Lipinski definition) is 15. The number of carbonyl (C=O) groups excluding carboxylic acids is 1. The number of fused-ring (bicyclic) bond motifs is 2. The van der Waals surface area contributed by atoms with Gasteiger partial charge in [0.1, 0.15) is 34.2 Å². The summed E-state index contributed by atoms with van der Waals surface area (Å²) in [6, 6.07) is 35.1. The third kappa shape index (κ3) is 13.0. The van der Waals surface area contributed by atoms with E-state index in [0.717, 1.165) is 0 Å². The van der Waals surface area contributed by atoms with Crippen LogP contribution in [0.4, 0.5) is 34.1 Å². The number of phenols is 1. The van der Waals surface area contributed by atoms with Crippen molar-refractivity contribution < 1.29 is 55.5 Å². The predicted octanol–water partition coefficient (Wildman–Crippen LogP) is 11.5. The van der Waals surface area contributed by atoms with Gasteiger partial charge in [0.05, 0.1) is 51.0 Å². The second-order valence-corrected chi connectivity index (χ2v) is 19.3. The molecule has 18 nitrogen and oxygen atoms in total. The number of azo groups is 2. The summed E-state index contributed by atoms with van der Waals surface area (Å²) in [5, 5.41) is 59.1. The number of hydrogen-bond donors (Lipinski definition) is 4. The number of nitrogens with zero attached hydrogens (tertiary/aromatic N) is 5. The van der Waals surface area contributed by atoms with Gasteiger partial charge in [-0.3, -0.25) is 18.9 Å². The first-order chi connectivity index (χ1) is 35.3. The van der Waals surface area contributed by atoms with E-state index in [9.17, 15) is 46.1 Å². The Hall–Kier alpha value is -6.41. The van der Waals surface area contributed by atoms with E-state index in [-0.39, 0.29) is 132 Å². The number of anilines is 1. The molecule has 0 atom stereocenters. The van der Waals surface area contributed by atoms with Gasteiger partial charge < -0.3 is 30.1 Å². The van der Waals surface area contributed by atoms with Crippen molar-refractivity contribution in [2.45, 2.75) is 36.5 Å². The number of benzene rings is 8. The molecule has 0 spiro atoms. The summed E-state index contributed by atoms with van der Waals surface area (Å²) >= 11 is 12.6. The molecule has 8 aromatic rings. The van der Waals surface area contributed by atoms with Gasteiger partial charge in [-0.1, -0.05) is 116 Å². The largest absolute Gasteiger partial charge is 2.00 e. The average molecular weight is 1220 g/mol. The predicted molar refractivity (Wildman–Crippen MR) is 285 cm³/mol. The summed E-state index contributed by atoms with van der Waals surface area (Å²) in [6.45, 7) is 3.33. The zero-order valence-corrected chi connectivity index (χ0v) is 47.7. The first-order valence-electron chi connectivity index (χ1n) is 22.0. The van der Waals surface area contributed by atoms with Crippen LogP contribution in [0.3, 0.4) is 0 Å². The van der Waals surface area contributed by atoms with E-state index in [4.69, 9.17) is 32.7 Å². The third-order valence-electron chi connectivity index (χ3n) is 11.3. The van der Waals surface area contributed by atoms with Crippen molar-refractivity contribution in [1.82, 2.24) is 0 Å². The smallest absolute Gasteiger partial charge is 0.871 e. The van der Waals surface area contributed by atoms with Crippen molar-refractivity contribution in [3.8, 4) is 23.0 Å². The van der Waals surface area contributed by atoms with E-state index >= 15 is 0 Å². The fraction of sp³-hybridized carbons (Fsp3) is 0.115. The van der Waals surface area contributed by atoms with Gasteiger partial charge in [0, 0.05) is 21.9 Å². The number of phenolic OH excluding ortho intramolecular Hbond substituents is 1. The number of ether oxygens (including phenoxy) is 2. The van der Waals surface area contributed by atoms with E-state index in [1.54, 1.807) is 111 Å². The summed E-state index contributed by atoms with van der Waals surface area (Å²) in [4.78, 5) is 16.5. The minimum atomic E-state index is -4.55. The van der Waals surface area contributed by atoms with Crippen LogP contribution in [0, 0.1) is 0 Å². The Kier molecular flexibility index (Phi) is 19.3. The van der Waals surface area contributed by atoms with Crippen molar-refractivity contribution in [3.63, 3.8) is 0 Å². The molecule has 4 N–H and O–H groups in total. The van der Waals surface area contributed by atoms with Gasteiger partial charge >= 0.3 is 48.9 Å². The minimum absolute atomic E-state index is 0. The van der Waals surface area contributed by atoms with E-state index in [0.29, 0.717) is 38.7 Å². The molecule has 0 radical (unpaired) electrons. The number of nitrogens with one attached hydrogen (secondary N) is 1. The fourth-order valence-corrected chi connectivity index (χ4v) is 9.76. The Morgan fingerprint density at radius 1 is 0.613 bits per heavy atom. The quantitative estimate of drug-likeness (QED) is 0.0260. The van der Waals surface area contributed by atoms with Crippen LogP contribution >= 0.6 is 23.2 Å². The normalized spacial score (nSPS) is 11.9. The van der Waals surface area contributed by atoms with Crippen molar-refractivity contribution in [1.29, 1.82) is 0 Å². The van der Waals surface area contributed by atoms with Crippen LogP contribution in [0.2, 0.25) is 10.0 Å². The Balaban J connectivity index is 0.000000241. The second kappa shape index (κ2) is 25.0. The van der Waals surface area contributed by atoms with Crippen molar-refractivity contribution in [3.05, 3.63) is 166 Å². The van der Waals surface area contributed by atoms with Crippen molar-refractivity contribution in [2.24, 2.45) is 25.4 Å². The third-order valence-corrected chi connectivity index (χ3v) is 13.7. The van der Waals surface area contributed by atoms with Crippen LogP contribution in [-0.4, -0.2) is 106 Å². The zero-order chi connectivity index (χ0) is 53.5. The Bertz CT molecular complexity index is 3830.